The van der Waals surface area contributed by atoms with E-state index in [1.807, 2.05) is 25.1 Å². The van der Waals surface area contributed by atoms with Crippen LogP contribution in [0.3, 0.4) is 0 Å². The molecular formula is C18H26O4. The molecule has 0 saturated heterocycles. The lowest BCUT2D eigenvalue weighted by Gasteiger charge is -2.23. The highest BCUT2D eigenvalue weighted by Crippen LogP contribution is 2.34. The fourth-order valence-electron chi connectivity index (χ4n) is 2.15. The Hall–Kier alpha value is -1.84. The third kappa shape index (κ3) is 5.51. The number of carbonyl (C=O) groups is 2. The Morgan fingerprint density at radius 2 is 1.73 bits per heavy atom. The lowest BCUT2D eigenvalue weighted by atomic mass is 9.85. The lowest BCUT2D eigenvalue weighted by molar-refractivity contribution is -0.143. The van der Waals surface area contributed by atoms with Crippen molar-refractivity contribution in [2.75, 3.05) is 6.61 Å². The maximum Gasteiger partial charge on any atom is 0.311 e. The Morgan fingerprint density at radius 1 is 1.09 bits per heavy atom. The van der Waals surface area contributed by atoms with E-state index >= 15 is 0 Å². The van der Waals surface area contributed by atoms with E-state index in [1.54, 1.807) is 6.92 Å². The van der Waals surface area contributed by atoms with Gasteiger partial charge in [0, 0.05) is 18.4 Å². The molecule has 1 aromatic carbocycles. The van der Waals surface area contributed by atoms with E-state index in [9.17, 15) is 9.59 Å². The Balaban J connectivity index is 2.67. The van der Waals surface area contributed by atoms with Gasteiger partial charge in [0.05, 0.1) is 6.61 Å². The van der Waals surface area contributed by atoms with Gasteiger partial charge in [-0.3, -0.25) is 9.59 Å². The van der Waals surface area contributed by atoms with Crippen LogP contribution in [0.25, 0.3) is 0 Å². The van der Waals surface area contributed by atoms with Crippen LogP contribution in [-0.2, 0) is 19.7 Å². The molecule has 0 atom stereocenters. The van der Waals surface area contributed by atoms with Gasteiger partial charge in [0.1, 0.15) is 5.75 Å². The predicted octanol–water partition coefficient (Wildman–Crippen LogP) is 3.93. The molecule has 4 heteroatoms. The van der Waals surface area contributed by atoms with E-state index in [0.717, 1.165) is 11.1 Å². The van der Waals surface area contributed by atoms with Gasteiger partial charge in [-0.05, 0) is 31.2 Å². The van der Waals surface area contributed by atoms with Gasteiger partial charge in [0.15, 0.2) is 0 Å². The van der Waals surface area contributed by atoms with Crippen LogP contribution >= 0.6 is 0 Å². The molecule has 0 fully saturated rings. The summed E-state index contributed by atoms with van der Waals surface area (Å²) >= 11 is 0. The van der Waals surface area contributed by atoms with Gasteiger partial charge < -0.3 is 9.47 Å². The van der Waals surface area contributed by atoms with Gasteiger partial charge in [0.25, 0.3) is 0 Å². The molecule has 0 saturated carbocycles. The van der Waals surface area contributed by atoms with Crippen LogP contribution in [0.2, 0.25) is 0 Å². The van der Waals surface area contributed by atoms with Gasteiger partial charge in [-0.25, -0.2) is 0 Å². The van der Waals surface area contributed by atoms with Crippen molar-refractivity contribution in [2.45, 2.75) is 59.3 Å². The summed E-state index contributed by atoms with van der Waals surface area (Å²) in [6.07, 6.45) is 0.883. The summed E-state index contributed by atoms with van der Waals surface area (Å²) in [5.74, 6) is 0.0433. The maximum absolute atomic E-state index is 12.0. The third-order valence-corrected chi connectivity index (χ3v) is 3.30. The zero-order valence-corrected chi connectivity index (χ0v) is 14.2. The Kier molecular flexibility index (Phi) is 6.60. The molecule has 22 heavy (non-hydrogen) atoms. The van der Waals surface area contributed by atoms with Crippen molar-refractivity contribution >= 4 is 11.9 Å². The van der Waals surface area contributed by atoms with Crippen LogP contribution in [-0.4, -0.2) is 18.5 Å². The van der Waals surface area contributed by atoms with Crippen molar-refractivity contribution in [1.29, 1.82) is 0 Å². The molecule has 0 amide bonds. The van der Waals surface area contributed by atoms with E-state index in [-0.39, 0.29) is 30.2 Å². The molecule has 0 aromatic heterocycles. The molecule has 0 radical (unpaired) electrons. The smallest absolute Gasteiger partial charge is 0.311 e. The van der Waals surface area contributed by atoms with Gasteiger partial charge in [-0.15, -0.1) is 0 Å². The predicted molar refractivity (Wildman–Crippen MR) is 86.0 cm³/mol. The molecule has 0 unspecified atom stereocenters. The fourth-order valence-corrected chi connectivity index (χ4v) is 2.15. The number of hydrogen-bond acceptors (Lipinski definition) is 4. The number of benzene rings is 1. The highest BCUT2D eigenvalue weighted by molar-refractivity contribution is 5.75. The summed E-state index contributed by atoms with van der Waals surface area (Å²) in [5, 5.41) is 0. The molecule has 0 spiro atoms. The minimum atomic E-state index is -0.316. The maximum atomic E-state index is 12.0. The van der Waals surface area contributed by atoms with Crippen molar-refractivity contribution < 1.29 is 19.1 Å². The van der Waals surface area contributed by atoms with Crippen LogP contribution in [0, 0.1) is 6.92 Å². The van der Waals surface area contributed by atoms with Crippen molar-refractivity contribution in [1.82, 2.24) is 0 Å². The van der Waals surface area contributed by atoms with Crippen LogP contribution in [0.5, 0.6) is 5.75 Å². The topological polar surface area (TPSA) is 52.6 Å². The fraction of sp³-hybridized carbons (Fsp3) is 0.556. The molecule has 0 bridgehead atoms. The second-order valence-corrected chi connectivity index (χ2v) is 6.33. The molecule has 0 N–H and O–H groups in total. The van der Waals surface area contributed by atoms with Gasteiger partial charge in [-0.1, -0.05) is 39.0 Å². The molecule has 122 valence electrons. The largest absolute Gasteiger partial charge is 0.466 e. The number of esters is 2. The van der Waals surface area contributed by atoms with E-state index in [4.69, 9.17) is 9.47 Å². The SMILES string of the molecule is CCOC(=O)CCCC(=O)Oc1c(C)cccc1C(C)(C)C. The average molecular weight is 306 g/mol. The normalized spacial score (nSPS) is 11.1. The number of rotatable bonds is 6. The first-order chi connectivity index (χ1) is 10.3. The quantitative estimate of drug-likeness (QED) is 0.590. The van der Waals surface area contributed by atoms with Crippen molar-refractivity contribution in [3.63, 3.8) is 0 Å². The summed E-state index contributed by atoms with van der Waals surface area (Å²) in [4.78, 5) is 23.3. The molecule has 0 aliphatic rings. The Morgan fingerprint density at radius 3 is 2.32 bits per heavy atom. The lowest BCUT2D eigenvalue weighted by Crippen LogP contribution is -2.17. The van der Waals surface area contributed by atoms with Crippen LogP contribution < -0.4 is 4.74 Å². The van der Waals surface area contributed by atoms with Gasteiger partial charge in [0.2, 0.25) is 0 Å². The molecule has 4 nitrogen and oxygen atoms in total. The highest BCUT2D eigenvalue weighted by atomic mass is 16.5. The first-order valence-electron chi connectivity index (χ1n) is 7.72. The monoisotopic (exact) mass is 306 g/mol. The van der Waals surface area contributed by atoms with Crippen LogP contribution in [0.1, 0.15) is 58.1 Å². The zero-order chi connectivity index (χ0) is 16.8. The van der Waals surface area contributed by atoms with E-state index in [2.05, 4.69) is 20.8 Å². The molecule has 1 aromatic rings. The summed E-state index contributed by atoms with van der Waals surface area (Å²) in [6.45, 7) is 10.3. The zero-order valence-electron chi connectivity index (χ0n) is 14.2. The molecule has 1 rings (SSSR count). The summed E-state index contributed by atoms with van der Waals surface area (Å²) in [6, 6.07) is 5.87. The minimum absolute atomic E-state index is 0.105. The van der Waals surface area contributed by atoms with Crippen LogP contribution in [0.15, 0.2) is 18.2 Å². The second-order valence-electron chi connectivity index (χ2n) is 6.33. The van der Waals surface area contributed by atoms with Gasteiger partial charge >= 0.3 is 11.9 Å². The van der Waals surface area contributed by atoms with Crippen molar-refractivity contribution in [3.05, 3.63) is 29.3 Å². The molecule has 0 heterocycles. The number of ether oxygens (including phenoxy) is 2. The van der Waals surface area contributed by atoms with Crippen LogP contribution in [0.4, 0.5) is 0 Å². The first-order valence-corrected chi connectivity index (χ1v) is 7.72. The minimum Gasteiger partial charge on any atom is -0.466 e. The molecule has 0 aliphatic carbocycles. The number of hydrogen-bond donors (Lipinski definition) is 0. The summed E-state index contributed by atoms with van der Waals surface area (Å²) in [7, 11) is 0. The van der Waals surface area contributed by atoms with Crippen molar-refractivity contribution in [2.24, 2.45) is 0 Å². The summed E-state index contributed by atoms with van der Waals surface area (Å²) in [5.41, 5.74) is 1.84. The highest BCUT2D eigenvalue weighted by Gasteiger charge is 2.21. The second kappa shape index (κ2) is 7.97. The van der Waals surface area contributed by atoms with Crippen molar-refractivity contribution in [3.8, 4) is 5.75 Å². The summed E-state index contributed by atoms with van der Waals surface area (Å²) < 4.78 is 10.4. The number of aryl methyl sites for hydroxylation is 1. The number of para-hydroxylation sites is 1. The van der Waals surface area contributed by atoms with E-state index < -0.39 is 0 Å². The van der Waals surface area contributed by atoms with E-state index in [0.29, 0.717) is 18.8 Å². The third-order valence-electron chi connectivity index (χ3n) is 3.30. The Labute approximate surface area is 132 Å². The average Bonchev–Trinajstić information content (AvgIpc) is 2.40. The standard InChI is InChI=1S/C18H26O4/c1-6-21-15(19)11-8-12-16(20)22-17-13(2)9-7-10-14(17)18(3,4)5/h7,9-10H,6,8,11-12H2,1-5H3. The van der Waals surface area contributed by atoms with Gasteiger partial charge in [-0.2, -0.15) is 0 Å². The van der Waals surface area contributed by atoms with E-state index in [1.165, 1.54) is 0 Å². The molecule has 0 aliphatic heterocycles. The first kappa shape index (κ1) is 18.2. The Bertz CT molecular complexity index is 526. The molecular weight excluding hydrogens is 280 g/mol. The number of carbonyl (C=O) groups excluding carboxylic acids is 2.